The number of rotatable bonds is 1. The molecule has 0 bridgehead atoms. The summed E-state index contributed by atoms with van der Waals surface area (Å²) in [5.41, 5.74) is 2.53. The third kappa shape index (κ3) is 1.67. The normalized spacial score (nSPS) is 9.64. The first-order valence-electron chi connectivity index (χ1n) is 3.37. The molecule has 0 fully saturated rings. The fourth-order valence-corrected chi connectivity index (χ4v) is 0.779. The summed E-state index contributed by atoms with van der Waals surface area (Å²) in [4.78, 5) is 4.00. The van der Waals surface area contributed by atoms with E-state index < -0.39 is 0 Å². The summed E-state index contributed by atoms with van der Waals surface area (Å²) in [5, 5.41) is 0. The van der Waals surface area contributed by atoms with Gasteiger partial charge in [-0.3, -0.25) is 4.98 Å². The number of nitrogens with zero attached hydrogens (tertiary/aromatic N) is 2. The van der Waals surface area contributed by atoms with Crippen molar-refractivity contribution in [3.05, 3.63) is 17.8 Å². The van der Waals surface area contributed by atoms with E-state index in [0.29, 0.717) is 5.59 Å². The van der Waals surface area contributed by atoms with Gasteiger partial charge in [-0.15, -0.1) is 0 Å². The van der Waals surface area contributed by atoms with Crippen molar-refractivity contribution in [3.8, 4) is 0 Å². The lowest BCUT2D eigenvalue weighted by Gasteiger charge is -1.98. The SMILES string of the molecule is [B]c1ncc([N+](=C)C)cc1C. The zero-order chi connectivity index (χ0) is 8.43. The van der Waals surface area contributed by atoms with Crippen LogP contribution in [0.1, 0.15) is 5.56 Å². The summed E-state index contributed by atoms with van der Waals surface area (Å²) in [7, 11) is 7.41. The highest BCUT2D eigenvalue weighted by Gasteiger charge is 2.01. The quantitative estimate of drug-likeness (QED) is 0.312. The summed E-state index contributed by atoms with van der Waals surface area (Å²) >= 11 is 0. The number of aromatic nitrogens is 1. The number of aryl methyl sites for hydroxylation is 1. The highest BCUT2D eigenvalue weighted by Crippen LogP contribution is 2.06. The Morgan fingerprint density at radius 2 is 2.27 bits per heavy atom. The largest absolute Gasteiger partial charge is 0.266 e. The monoisotopic (exact) mass is 145 g/mol. The van der Waals surface area contributed by atoms with Gasteiger partial charge in [0.15, 0.2) is 0 Å². The van der Waals surface area contributed by atoms with E-state index in [1.54, 1.807) is 10.8 Å². The van der Waals surface area contributed by atoms with E-state index in [-0.39, 0.29) is 0 Å². The van der Waals surface area contributed by atoms with Crippen LogP contribution in [0.5, 0.6) is 0 Å². The van der Waals surface area contributed by atoms with Gasteiger partial charge in [0.25, 0.3) is 0 Å². The van der Waals surface area contributed by atoms with Gasteiger partial charge in [0.05, 0.1) is 6.20 Å². The van der Waals surface area contributed by atoms with E-state index >= 15 is 0 Å². The molecule has 0 atom stereocenters. The molecule has 3 heteroatoms. The van der Waals surface area contributed by atoms with Crippen molar-refractivity contribution in [1.29, 1.82) is 0 Å². The molecule has 11 heavy (non-hydrogen) atoms. The lowest BCUT2D eigenvalue weighted by Crippen LogP contribution is -2.12. The van der Waals surface area contributed by atoms with Crippen molar-refractivity contribution >= 4 is 25.8 Å². The van der Waals surface area contributed by atoms with Crippen LogP contribution < -0.4 is 5.59 Å². The van der Waals surface area contributed by atoms with Crippen LogP contribution in [0.2, 0.25) is 0 Å². The predicted octanol–water partition coefficient (Wildman–Crippen LogP) is 0.158. The minimum atomic E-state index is 0.579. The molecular formula is C8H10BN2+. The lowest BCUT2D eigenvalue weighted by molar-refractivity contribution is -0.395. The third-order valence-corrected chi connectivity index (χ3v) is 1.55. The van der Waals surface area contributed by atoms with E-state index in [9.17, 15) is 0 Å². The molecule has 0 amide bonds. The molecule has 0 N–H and O–H groups in total. The van der Waals surface area contributed by atoms with Gasteiger partial charge >= 0.3 is 0 Å². The van der Waals surface area contributed by atoms with Crippen LogP contribution >= 0.6 is 0 Å². The van der Waals surface area contributed by atoms with Gasteiger partial charge in [0.2, 0.25) is 5.69 Å². The highest BCUT2D eigenvalue weighted by molar-refractivity contribution is 6.31. The lowest BCUT2D eigenvalue weighted by atomic mass is 9.98. The molecule has 0 unspecified atom stereocenters. The Balaban J connectivity index is 3.15. The zero-order valence-electron chi connectivity index (χ0n) is 6.83. The summed E-state index contributed by atoms with van der Waals surface area (Å²) in [5.74, 6) is 0. The van der Waals surface area contributed by atoms with E-state index in [1.165, 1.54) is 0 Å². The van der Waals surface area contributed by atoms with Crippen molar-refractivity contribution in [2.75, 3.05) is 7.05 Å². The molecule has 1 aromatic heterocycles. The van der Waals surface area contributed by atoms with Gasteiger partial charge in [-0.05, 0) is 18.1 Å². The Morgan fingerprint density at radius 3 is 2.73 bits per heavy atom. The zero-order valence-corrected chi connectivity index (χ0v) is 6.83. The summed E-state index contributed by atoms with van der Waals surface area (Å²) in [6, 6.07) is 1.95. The molecule has 0 aromatic carbocycles. The van der Waals surface area contributed by atoms with E-state index in [0.717, 1.165) is 11.3 Å². The topological polar surface area (TPSA) is 15.9 Å². The Kier molecular flexibility index (Phi) is 2.08. The number of pyridine rings is 1. The van der Waals surface area contributed by atoms with Crippen LogP contribution in [-0.2, 0) is 0 Å². The Hall–Kier alpha value is -1.12. The molecule has 0 aliphatic heterocycles. The molecule has 0 spiro atoms. The molecule has 0 aliphatic carbocycles. The van der Waals surface area contributed by atoms with Crippen molar-refractivity contribution in [2.45, 2.75) is 6.92 Å². The average molecular weight is 145 g/mol. The maximum atomic E-state index is 5.54. The first kappa shape index (κ1) is 7.99. The molecule has 0 aliphatic rings. The molecule has 0 saturated heterocycles. The maximum absolute atomic E-state index is 5.54. The van der Waals surface area contributed by atoms with Crippen LogP contribution in [-0.4, -0.2) is 31.2 Å². The average Bonchev–Trinajstić information content (AvgIpc) is 1.94. The molecule has 1 rings (SSSR count). The van der Waals surface area contributed by atoms with Gasteiger partial charge < -0.3 is 0 Å². The summed E-state index contributed by atoms with van der Waals surface area (Å²) in [6.45, 7) is 5.66. The maximum Gasteiger partial charge on any atom is 0.223 e. The van der Waals surface area contributed by atoms with E-state index in [4.69, 9.17) is 7.85 Å². The first-order chi connectivity index (χ1) is 5.11. The van der Waals surface area contributed by atoms with Gasteiger partial charge in [0, 0.05) is 6.07 Å². The number of hydrogen-bond acceptors (Lipinski definition) is 1. The van der Waals surface area contributed by atoms with Crippen LogP contribution in [0.3, 0.4) is 0 Å². The van der Waals surface area contributed by atoms with E-state index in [2.05, 4.69) is 11.7 Å². The summed E-state index contributed by atoms with van der Waals surface area (Å²) < 4.78 is 1.75. The Morgan fingerprint density at radius 1 is 1.64 bits per heavy atom. The van der Waals surface area contributed by atoms with Crippen molar-refractivity contribution in [2.24, 2.45) is 0 Å². The minimum Gasteiger partial charge on any atom is -0.266 e. The fraction of sp³-hybridized carbons (Fsp3) is 0.250. The molecular weight excluding hydrogens is 135 g/mol. The van der Waals surface area contributed by atoms with Gasteiger partial charge in [-0.25, -0.2) is 4.58 Å². The van der Waals surface area contributed by atoms with Gasteiger partial charge in [-0.1, -0.05) is 0 Å². The second-order valence-corrected chi connectivity index (χ2v) is 2.59. The van der Waals surface area contributed by atoms with Crippen molar-refractivity contribution in [1.82, 2.24) is 4.98 Å². The second kappa shape index (κ2) is 2.87. The van der Waals surface area contributed by atoms with Crippen LogP contribution in [0.25, 0.3) is 0 Å². The van der Waals surface area contributed by atoms with E-state index in [1.807, 2.05) is 20.0 Å². The highest BCUT2D eigenvalue weighted by atomic mass is 15.0. The molecule has 0 saturated carbocycles. The smallest absolute Gasteiger partial charge is 0.223 e. The number of hydrogen-bond donors (Lipinski definition) is 0. The predicted molar refractivity (Wildman–Crippen MR) is 47.3 cm³/mol. The van der Waals surface area contributed by atoms with Crippen molar-refractivity contribution < 1.29 is 4.58 Å². The van der Waals surface area contributed by atoms with Gasteiger partial charge in [-0.2, -0.15) is 0 Å². The molecule has 1 heterocycles. The molecule has 2 nitrogen and oxygen atoms in total. The molecule has 54 valence electrons. The minimum absolute atomic E-state index is 0.579. The van der Waals surface area contributed by atoms with Gasteiger partial charge in [0.1, 0.15) is 21.6 Å². The molecule has 2 radical (unpaired) electrons. The van der Waals surface area contributed by atoms with Crippen molar-refractivity contribution in [3.63, 3.8) is 0 Å². The Bertz CT molecular complexity index is 294. The Labute approximate surface area is 68.0 Å². The summed E-state index contributed by atoms with van der Waals surface area (Å²) in [6.07, 6.45) is 1.70. The van der Waals surface area contributed by atoms with Crippen LogP contribution in [0, 0.1) is 6.92 Å². The standard InChI is InChI=1S/C8H10BN2/c1-6-4-7(11(2)3)5-10-8(6)9/h4-5H,2H2,1,3H3/q+1. The third-order valence-electron chi connectivity index (χ3n) is 1.55. The second-order valence-electron chi connectivity index (χ2n) is 2.59. The first-order valence-corrected chi connectivity index (χ1v) is 3.37. The fourth-order valence-electron chi connectivity index (χ4n) is 0.779. The molecule has 1 aromatic rings. The van der Waals surface area contributed by atoms with Crippen LogP contribution in [0.4, 0.5) is 5.69 Å². The van der Waals surface area contributed by atoms with Crippen LogP contribution in [0.15, 0.2) is 12.3 Å².